The van der Waals surface area contributed by atoms with Gasteiger partial charge in [-0.2, -0.15) is 5.10 Å². The Hall–Kier alpha value is -3.03. The zero-order chi connectivity index (χ0) is 19.7. The molecule has 0 amide bonds. The SMILES string of the molecule is NS(=O)(=O)c1ccc(N2N=C(c3ccccc3)C[C@@H]2c2ccc(F)cc2)cc1. The minimum Gasteiger partial charge on any atom is -0.257 e. The van der Waals surface area contributed by atoms with Crippen LogP contribution in [0.5, 0.6) is 0 Å². The van der Waals surface area contributed by atoms with E-state index in [1.807, 2.05) is 35.3 Å². The Morgan fingerprint density at radius 1 is 0.929 bits per heavy atom. The zero-order valence-corrected chi connectivity index (χ0v) is 15.7. The van der Waals surface area contributed by atoms with Crippen LogP contribution >= 0.6 is 0 Å². The third-order valence-corrected chi connectivity index (χ3v) is 5.63. The number of rotatable bonds is 4. The lowest BCUT2D eigenvalue weighted by Crippen LogP contribution is -2.19. The zero-order valence-electron chi connectivity index (χ0n) is 14.9. The summed E-state index contributed by atoms with van der Waals surface area (Å²) in [6, 6.07) is 22.3. The van der Waals surface area contributed by atoms with Gasteiger partial charge in [0.15, 0.2) is 0 Å². The lowest BCUT2D eigenvalue weighted by atomic mass is 9.98. The van der Waals surface area contributed by atoms with E-state index in [1.165, 1.54) is 24.3 Å². The molecule has 0 fully saturated rings. The van der Waals surface area contributed by atoms with Crippen molar-refractivity contribution >= 4 is 21.4 Å². The molecular formula is C21H18FN3O2S. The highest BCUT2D eigenvalue weighted by Crippen LogP contribution is 2.37. The molecule has 1 aliphatic rings. The predicted octanol–water partition coefficient (Wildman–Crippen LogP) is 3.83. The van der Waals surface area contributed by atoms with Crippen molar-refractivity contribution in [2.24, 2.45) is 10.2 Å². The number of sulfonamides is 1. The van der Waals surface area contributed by atoms with Gasteiger partial charge in [0.05, 0.1) is 22.3 Å². The Morgan fingerprint density at radius 3 is 2.18 bits per heavy atom. The van der Waals surface area contributed by atoms with E-state index < -0.39 is 10.0 Å². The normalized spacial score (nSPS) is 16.9. The molecule has 0 bridgehead atoms. The van der Waals surface area contributed by atoms with E-state index in [0.29, 0.717) is 6.42 Å². The number of hydrogen-bond acceptors (Lipinski definition) is 4. The molecular weight excluding hydrogens is 377 g/mol. The summed E-state index contributed by atoms with van der Waals surface area (Å²) < 4.78 is 36.4. The van der Waals surface area contributed by atoms with Crippen molar-refractivity contribution < 1.29 is 12.8 Å². The molecule has 1 atom stereocenters. The molecule has 5 nitrogen and oxygen atoms in total. The summed E-state index contributed by atoms with van der Waals surface area (Å²) in [6.45, 7) is 0. The topological polar surface area (TPSA) is 75.8 Å². The fourth-order valence-electron chi connectivity index (χ4n) is 3.29. The summed E-state index contributed by atoms with van der Waals surface area (Å²) in [5.41, 5.74) is 3.57. The van der Waals surface area contributed by atoms with E-state index in [0.717, 1.165) is 22.5 Å². The van der Waals surface area contributed by atoms with Crippen LogP contribution in [0.1, 0.15) is 23.6 Å². The summed E-state index contributed by atoms with van der Waals surface area (Å²) in [5, 5.41) is 11.8. The van der Waals surface area contributed by atoms with Gasteiger partial charge in [0.1, 0.15) is 5.82 Å². The van der Waals surface area contributed by atoms with Crippen LogP contribution < -0.4 is 10.1 Å². The van der Waals surface area contributed by atoms with Crippen molar-refractivity contribution in [1.29, 1.82) is 0 Å². The summed E-state index contributed by atoms with van der Waals surface area (Å²) in [6.07, 6.45) is 0.645. The third kappa shape index (κ3) is 3.67. The molecule has 0 aliphatic carbocycles. The Balaban J connectivity index is 1.74. The summed E-state index contributed by atoms with van der Waals surface area (Å²) in [7, 11) is -3.76. The quantitative estimate of drug-likeness (QED) is 0.729. The summed E-state index contributed by atoms with van der Waals surface area (Å²) >= 11 is 0. The molecule has 0 unspecified atom stereocenters. The Labute approximate surface area is 163 Å². The van der Waals surface area contributed by atoms with E-state index >= 15 is 0 Å². The molecule has 3 aromatic carbocycles. The molecule has 4 rings (SSSR count). The van der Waals surface area contributed by atoms with E-state index in [1.54, 1.807) is 24.3 Å². The monoisotopic (exact) mass is 395 g/mol. The second-order valence-corrected chi connectivity index (χ2v) is 8.13. The average Bonchev–Trinajstić information content (AvgIpc) is 3.14. The first-order valence-electron chi connectivity index (χ1n) is 8.72. The number of hydrogen-bond donors (Lipinski definition) is 1. The van der Waals surface area contributed by atoms with Crippen LogP contribution in [-0.4, -0.2) is 14.1 Å². The number of nitrogens with zero attached hydrogens (tertiary/aromatic N) is 2. The molecule has 0 aromatic heterocycles. The standard InChI is InChI=1S/C21H18FN3O2S/c22-17-8-6-16(7-9-17)21-14-20(15-4-2-1-3-5-15)24-25(21)18-10-12-19(13-11-18)28(23,26)27/h1-13,21H,14H2,(H2,23,26,27)/t21-/m1/s1. The van der Waals surface area contributed by atoms with Gasteiger partial charge in [0, 0.05) is 6.42 Å². The molecule has 0 spiro atoms. The van der Waals surface area contributed by atoms with E-state index in [4.69, 9.17) is 10.2 Å². The molecule has 1 heterocycles. The molecule has 0 saturated heterocycles. The average molecular weight is 395 g/mol. The lowest BCUT2D eigenvalue weighted by Gasteiger charge is -2.24. The molecule has 142 valence electrons. The van der Waals surface area contributed by atoms with E-state index in [9.17, 15) is 12.8 Å². The Morgan fingerprint density at radius 2 is 1.57 bits per heavy atom. The van der Waals surface area contributed by atoms with Crippen LogP contribution in [-0.2, 0) is 10.0 Å². The van der Waals surface area contributed by atoms with Crippen LogP contribution in [0.2, 0.25) is 0 Å². The number of halogens is 1. The number of anilines is 1. The minimum atomic E-state index is -3.76. The summed E-state index contributed by atoms with van der Waals surface area (Å²) in [4.78, 5) is 0.0426. The van der Waals surface area contributed by atoms with Gasteiger partial charge in [-0.15, -0.1) is 0 Å². The first-order chi connectivity index (χ1) is 13.4. The van der Waals surface area contributed by atoms with Crippen molar-refractivity contribution in [2.45, 2.75) is 17.4 Å². The van der Waals surface area contributed by atoms with Gasteiger partial charge in [0.2, 0.25) is 10.0 Å². The van der Waals surface area contributed by atoms with Gasteiger partial charge in [-0.1, -0.05) is 42.5 Å². The van der Waals surface area contributed by atoms with Crippen LogP contribution in [0.15, 0.2) is 88.9 Å². The number of nitrogens with two attached hydrogens (primary N) is 1. The van der Waals surface area contributed by atoms with Gasteiger partial charge in [-0.3, -0.25) is 5.01 Å². The predicted molar refractivity (Wildman–Crippen MR) is 107 cm³/mol. The van der Waals surface area contributed by atoms with Gasteiger partial charge >= 0.3 is 0 Å². The molecule has 1 aliphatic heterocycles. The van der Waals surface area contributed by atoms with Gasteiger partial charge in [-0.05, 0) is 47.5 Å². The number of benzene rings is 3. The molecule has 28 heavy (non-hydrogen) atoms. The van der Waals surface area contributed by atoms with Crippen LogP contribution in [0.4, 0.5) is 10.1 Å². The molecule has 0 saturated carbocycles. The van der Waals surface area contributed by atoms with Crippen molar-refractivity contribution in [2.75, 3.05) is 5.01 Å². The van der Waals surface area contributed by atoms with Crippen molar-refractivity contribution in [1.82, 2.24) is 0 Å². The number of hydrazone groups is 1. The largest absolute Gasteiger partial charge is 0.257 e. The van der Waals surface area contributed by atoms with Crippen molar-refractivity contribution in [3.8, 4) is 0 Å². The van der Waals surface area contributed by atoms with Crippen LogP contribution in [0.25, 0.3) is 0 Å². The fourth-order valence-corrected chi connectivity index (χ4v) is 3.80. The lowest BCUT2D eigenvalue weighted by molar-refractivity contribution is 0.597. The highest BCUT2D eigenvalue weighted by Gasteiger charge is 2.30. The van der Waals surface area contributed by atoms with Crippen LogP contribution in [0, 0.1) is 5.82 Å². The second-order valence-electron chi connectivity index (χ2n) is 6.57. The maximum atomic E-state index is 13.4. The Bertz CT molecular complexity index is 1110. The van der Waals surface area contributed by atoms with Gasteiger partial charge in [-0.25, -0.2) is 17.9 Å². The maximum Gasteiger partial charge on any atom is 0.238 e. The number of primary sulfonamides is 1. The van der Waals surface area contributed by atoms with Gasteiger partial charge in [0.25, 0.3) is 0 Å². The van der Waals surface area contributed by atoms with E-state index in [2.05, 4.69) is 0 Å². The Kier molecular flexibility index (Phi) is 4.70. The highest BCUT2D eigenvalue weighted by atomic mass is 32.2. The molecule has 2 N–H and O–H groups in total. The van der Waals surface area contributed by atoms with Crippen molar-refractivity contribution in [3.05, 3.63) is 95.8 Å². The first kappa shape index (κ1) is 18.3. The fraction of sp³-hybridized carbons (Fsp3) is 0.0952. The second kappa shape index (κ2) is 7.18. The maximum absolute atomic E-state index is 13.4. The van der Waals surface area contributed by atoms with Crippen molar-refractivity contribution in [3.63, 3.8) is 0 Å². The molecule has 0 radical (unpaired) electrons. The van der Waals surface area contributed by atoms with E-state index in [-0.39, 0.29) is 16.8 Å². The van der Waals surface area contributed by atoms with Gasteiger partial charge < -0.3 is 0 Å². The highest BCUT2D eigenvalue weighted by molar-refractivity contribution is 7.89. The molecule has 3 aromatic rings. The minimum absolute atomic E-state index is 0.0426. The third-order valence-electron chi connectivity index (χ3n) is 4.70. The smallest absolute Gasteiger partial charge is 0.238 e. The van der Waals surface area contributed by atoms with Crippen LogP contribution in [0.3, 0.4) is 0 Å². The first-order valence-corrected chi connectivity index (χ1v) is 10.3. The summed E-state index contributed by atoms with van der Waals surface area (Å²) in [5.74, 6) is -0.296. The molecule has 7 heteroatoms.